The number of rotatable bonds is 5. The number of hydrogen-bond acceptors (Lipinski definition) is 6. The van der Waals surface area contributed by atoms with E-state index in [-0.39, 0.29) is 0 Å². The van der Waals surface area contributed by atoms with Gasteiger partial charge < -0.3 is 15.1 Å². The molecule has 1 aliphatic heterocycles. The Kier molecular flexibility index (Phi) is 5.34. The fraction of sp³-hybridized carbons (Fsp3) is 0.250. The lowest BCUT2D eigenvalue weighted by Gasteiger charge is -2.36. The van der Waals surface area contributed by atoms with Gasteiger partial charge in [-0.25, -0.2) is 4.98 Å². The summed E-state index contributed by atoms with van der Waals surface area (Å²) in [5.41, 5.74) is 2.14. The molecule has 1 saturated heterocycles. The molecule has 1 aromatic carbocycles. The van der Waals surface area contributed by atoms with Gasteiger partial charge in [-0.1, -0.05) is 23.7 Å². The van der Waals surface area contributed by atoms with Crippen LogP contribution in [0.15, 0.2) is 60.9 Å². The number of aromatic nitrogens is 3. The SMILES string of the molecule is Clc1cccc(N2CCN(c3nccc(NCc4ccccn4)n3)CC2)c1. The second kappa shape index (κ2) is 8.22. The molecule has 4 rings (SSSR count). The quantitative estimate of drug-likeness (QED) is 0.731. The normalized spacial score (nSPS) is 14.3. The minimum atomic E-state index is 0.639. The highest BCUT2D eigenvalue weighted by Gasteiger charge is 2.19. The van der Waals surface area contributed by atoms with Crippen LogP contribution in [-0.4, -0.2) is 41.1 Å². The average Bonchev–Trinajstić information content (AvgIpc) is 2.73. The fourth-order valence-electron chi connectivity index (χ4n) is 3.12. The maximum Gasteiger partial charge on any atom is 0.227 e. The van der Waals surface area contributed by atoms with Crippen molar-refractivity contribution in [3.05, 3.63) is 71.6 Å². The zero-order valence-corrected chi connectivity index (χ0v) is 15.7. The number of piperazine rings is 1. The summed E-state index contributed by atoms with van der Waals surface area (Å²) in [5, 5.41) is 4.08. The Morgan fingerprint density at radius 1 is 0.889 bits per heavy atom. The van der Waals surface area contributed by atoms with E-state index in [9.17, 15) is 0 Å². The summed E-state index contributed by atoms with van der Waals surface area (Å²) in [6.07, 6.45) is 3.59. The fourth-order valence-corrected chi connectivity index (χ4v) is 3.31. The lowest BCUT2D eigenvalue weighted by Crippen LogP contribution is -2.47. The van der Waals surface area contributed by atoms with Gasteiger partial charge >= 0.3 is 0 Å². The molecule has 7 heteroatoms. The molecular formula is C20H21ClN6. The number of hydrogen-bond donors (Lipinski definition) is 1. The lowest BCUT2D eigenvalue weighted by atomic mass is 10.2. The minimum Gasteiger partial charge on any atom is -0.368 e. The topological polar surface area (TPSA) is 57.2 Å². The summed E-state index contributed by atoms with van der Waals surface area (Å²) in [4.78, 5) is 18.0. The molecule has 0 amide bonds. The van der Waals surface area contributed by atoms with Gasteiger partial charge in [0.15, 0.2) is 0 Å². The number of pyridine rings is 1. The Hall–Kier alpha value is -2.86. The first-order chi connectivity index (χ1) is 13.3. The van der Waals surface area contributed by atoms with Gasteiger partial charge in [0.2, 0.25) is 5.95 Å². The molecule has 27 heavy (non-hydrogen) atoms. The van der Waals surface area contributed by atoms with Gasteiger partial charge in [-0.05, 0) is 36.4 Å². The van der Waals surface area contributed by atoms with Gasteiger partial charge in [-0.2, -0.15) is 4.98 Å². The molecule has 1 aliphatic rings. The standard InChI is InChI=1S/C20H21ClN6/c21-16-4-3-6-18(14-16)26-10-12-27(13-11-26)20-23-9-7-19(25-20)24-15-17-5-1-2-8-22-17/h1-9,14H,10-13,15H2,(H,23,24,25). The summed E-state index contributed by atoms with van der Waals surface area (Å²) in [6, 6.07) is 15.8. The van der Waals surface area contributed by atoms with Crippen LogP contribution in [0.4, 0.5) is 17.5 Å². The van der Waals surface area contributed by atoms with Crippen LogP contribution < -0.4 is 15.1 Å². The Morgan fingerprint density at radius 2 is 1.74 bits per heavy atom. The van der Waals surface area contributed by atoms with E-state index in [1.165, 1.54) is 0 Å². The summed E-state index contributed by atoms with van der Waals surface area (Å²) in [7, 11) is 0. The molecule has 3 aromatic rings. The van der Waals surface area contributed by atoms with E-state index in [2.05, 4.69) is 36.1 Å². The van der Waals surface area contributed by atoms with E-state index >= 15 is 0 Å². The number of benzene rings is 1. The van der Waals surface area contributed by atoms with Crippen molar-refractivity contribution in [2.24, 2.45) is 0 Å². The van der Waals surface area contributed by atoms with Gasteiger partial charge in [0.05, 0.1) is 12.2 Å². The minimum absolute atomic E-state index is 0.639. The van der Waals surface area contributed by atoms with Crippen molar-refractivity contribution >= 4 is 29.1 Å². The van der Waals surface area contributed by atoms with Crippen LogP contribution >= 0.6 is 11.6 Å². The Labute approximate surface area is 163 Å². The summed E-state index contributed by atoms with van der Waals surface area (Å²) >= 11 is 6.11. The Bertz CT molecular complexity index is 880. The predicted molar refractivity (Wildman–Crippen MR) is 109 cm³/mol. The highest BCUT2D eigenvalue weighted by Crippen LogP contribution is 2.22. The van der Waals surface area contributed by atoms with E-state index in [0.29, 0.717) is 6.54 Å². The lowest BCUT2D eigenvalue weighted by molar-refractivity contribution is 0.640. The van der Waals surface area contributed by atoms with Crippen LogP contribution in [-0.2, 0) is 6.54 Å². The third kappa shape index (κ3) is 4.46. The van der Waals surface area contributed by atoms with Crippen molar-refractivity contribution < 1.29 is 0 Å². The first kappa shape index (κ1) is 17.5. The second-order valence-electron chi connectivity index (χ2n) is 6.37. The van der Waals surface area contributed by atoms with Gasteiger partial charge in [0.1, 0.15) is 5.82 Å². The van der Waals surface area contributed by atoms with Crippen LogP contribution in [0.2, 0.25) is 5.02 Å². The van der Waals surface area contributed by atoms with Gasteiger partial charge in [0, 0.05) is 49.3 Å². The monoisotopic (exact) mass is 380 g/mol. The number of anilines is 3. The third-order valence-corrected chi connectivity index (χ3v) is 4.79. The molecule has 0 radical (unpaired) electrons. The molecule has 0 saturated carbocycles. The van der Waals surface area contributed by atoms with E-state index in [1.807, 2.05) is 42.5 Å². The first-order valence-electron chi connectivity index (χ1n) is 9.00. The molecule has 0 bridgehead atoms. The highest BCUT2D eigenvalue weighted by molar-refractivity contribution is 6.30. The van der Waals surface area contributed by atoms with E-state index in [4.69, 9.17) is 11.6 Å². The highest BCUT2D eigenvalue weighted by atomic mass is 35.5. The van der Waals surface area contributed by atoms with Crippen molar-refractivity contribution in [2.45, 2.75) is 6.54 Å². The van der Waals surface area contributed by atoms with Crippen LogP contribution in [0, 0.1) is 0 Å². The molecule has 6 nitrogen and oxygen atoms in total. The van der Waals surface area contributed by atoms with E-state index in [1.54, 1.807) is 12.4 Å². The average molecular weight is 381 g/mol. The maximum absolute atomic E-state index is 6.11. The van der Waals surface area contributed by atoms with E-state index < -0.39 is 0 Å². The molecule has 1 fully saturated rings. The number of nitrogens with zero attached hydrogens (tertiary/aromatic N) is 5. The first-order valence-corrected chi connectivity index (χ1v) is 9.38. The van der Waals surface area contributed by atoms with Gasteiger partial charge in [-0.15, -0.1) is 0 Å². The largest absolute Gasteiger partial charge is 0.368 e. The molecule has 0 unspecified atom stereocenters. The van der Waals surface area contributed by atoms with Gasteiger partial charge in [0.25, 0.3) is 0 Å². The molecule has 0 aliphatic carbocycles. The zero-order valence-electron chi connectivity index (χ0n) is 14.9. The third-order valence-electron chi connectivity index (χ3n) is 4.56. The molecule has 0 spiro atoms. The van der Waals surface area contributed by atoms with Crippen molar-refractivity contribution in [3.8, 4) is 0 Å². The number of nitrogens with one attached hydrogen (secondary N) is 1. The van der Waals surface area contributed by atoms with Crippen molar-refractivity contribution in [2.75, 3.05) is 41.3 Å². The molecule has 2 aromatic heterocycles. The summed E-state index contributed by atoms with van der Waals surface area (Å²) in [6.45, 7) is 4.21. The zero-order chi connectivity index (χ0) is 18.5. The van der Waals surface area contributed by atoms with Crippen LogP contribution in [0.3, 0.4) is 0 Å². The smallest absolute Gasteiger partial charge is 0.227 e. The van der Waals surface area contributed by atoms with Gasteiger partial charge in [-0.3, -0.25) is 4.98 Å². The maximum atomic E-state index is 6.11. The van der Waals surface area contributed by atoms with Crippen molar-refractivity contribution in [3.63, 3.8) is 0 Å². The Morgan fingerprint density at radius 3 is 2.52 bits per heavy atom. The van der Waals surface area contributed by atoms with Crippen LogP contribution in [0.25, 0.3) is 0 Å². The summed E-state index contributed by atoms with van der Waals surface area (Å²) < 4.78 is 0. The molecule has 0 atom stereocenters. The van der Waals surface area contributed by atoms with Crippen LogP contribution in [0.5, 0.6) is 0 Å². The van der Waals surface area contributed by atoms with Crippen molar-refractivity contribution in [1.82, 2.24) is 15.0 Å². The molecule has 1 N–H and O–H groups in total. The molecule has 3 heterocycles. The molecule has 138 valence electrons. The summed E-state index contributed by atoms with van der Waals surface area (Å²) in [5.74, 6) is 1.56. The second-order valence-corrected chi connectivity index (χ2v) is 6.81. The number of halogens is 1. The Balaban J connectivity index is 1.37. The van der Waals surface area contributed by atoms with Crippen molar-refractivity contribution in [1.29, 1.82) is 0 Å². The van der Waals surface area contributed by atoms with Crippen LogP contribution in [0.1, 0.15) is 5.69 Å². The predicted octanol–water partition coefficient (Wildman–Crippen LogP) is 3.46. The van der Waals surface area contributed by atoms with E-state index in [0.717, 1.165) is 54.3 Å². The molecular weight excluding hydrogens is 360 g/mol.